The molecule has 4 rings (SSSR count). The van der Waals surface area contributed by atoms with Crippen LogP contribution >= 0.6 is 0 Å². The van der Waals surface area contributed by atoms with Gasteiger partial charge >= 0.3 is 0 Å². The van der Waals surface area contributed by atoms with E-state index in [0.29, 0.717) is 41.1 Å². The summed E-state index contributed by atoms with van der Waals surface area (Å²) >= 11 is 0. The minimum atomic E-state index is 0.509. The van der Waals surface area contributed by atoms with Gasteiger partial charge in [0.05, 0.1) is 33.7 Å². The van der Waals surface area contributed by atoms with Gasteiger partial charge in [-0.05, 0) is 29.8 Å². The zero-order valence-electron chi connectivity index (χ0n) is 16.4. The molecular formula is C22H21N3O4. The van der Waals surface area contributed by atoms with Crippen LogP contribution in [0.2, 0.25) is 0 Å². The van der Waals surface area contributed by atoms with Gasteiger partial charge < -0.3 is 23.9 Å². The average Bonchev–Trinajstić information content (AvgIpc) is 3.21. The maximum absolute atomic E-state index is 5.88. The SMILES string of the molecule is COc1cc(CNc2cncc(-c3cc4ccccc4o3)n2)cc(OC)c1OC. The number of nitrogens with zero attached hydrogens (tertiary/aromatic N) is 2. The van der Waals surface area contributed by atoms with Crippen LogP contribution in [0.5, 0.6) is 17.2 Å². The highest BCUT2D eigenvalue weighted by molar-refractivity contribution is 5.82. The molecule has 4 aromatic rings. The Morgan fingerprint density at radius 1 is 0.931 bits per heavy atom. The summed E-state index contributed by atoms with van der Waals surface area (Å²) < 4.78 is 22.1. The molecule has 29 heavy (non-hydrogen) atoms. The predicted octanol–water partition coefficient (Wildman–Crippen LogP) is 4.53. The molecule has 0 fully saturated rings. The first-order valence-electron chi connectivity index (χ1n) is 9.05. The quantitative estimate of drug-likeness (QED) is 0.496. The molecule has 0 amide bonds. The van der Waals surface area contributed by atoms with Gasteiger partial charge in [0.1, 0.15) is 17.1 Å². The predicted molar refractivity (Wildman–Crippen MR) is 111 cm³/mol. The number of aromatic nitrogens is 2. The van der Waals surface area contributed by atoms with E-state index in [2.05, 4.69) is 15.3 Å². The van der Waals surface area contributed by atoms with Crippen molar-refractivity contribution < 1.29 is 18.6 Å². The number of fused-ring (bicyclic) bond motifs is 1. The molecule has 0 aliphatic carbocycles. The monoisotopic (exact) mass is 391 g/mol. The minimum absolute atomic E-state index is 0.509. The maximum Gasteiger partial charge on any atom is 0.203 e. The first kappa shape index (κ1) is 18.6. The summed E-state index contributed by atoms with van der Waals surface area (Å²) in [6, 6.07) is 13.6. The Bertz CT molecular complexity index is 1080. The lowest BCUT2D eigenvalue weighted by molar-refractivity contribution is 0.324. The number of hydrogen-bond donors (Lipinski definition) is 1. The average molecular weight is 391 g/mol. The second-order valence-electron chi connectivity index (χ2n) is 6.33. The van der Waals surface area contributed by atoms with E-state index in [9.17, 15) is 0 Å². The van der Waals surface area contributed by atoms with E-state index in [1.165, 1.54) is 0 Å². The molecule has 7 nitrogen and oxygen atoms in total. The number of anilines is 1. The zero-order chi connectivity index (χ0) is 20.2. The summed E-state index contributed by atoms with van der Waals surface area (Å²) in [6.45, 7) is 0.509. The van der Waals surface area contributed by atoms with Gasteiger partial charge in [-0.15, -0.1) is 0 Å². The largest absolute Gasteiger partial charge is 0.493 e. The Morgan fingerprint density at radius 3 is 2.38 bits per heavy atom. The molecule has 2 aromatic heterocycles. The number of para-hydroxylation sites is 1. The number of rotatable bonds is 7. The van der Waals surface area contributed by atoms with E-state index >= 15 is 0 Å². The van der Waals surface area contributed by atoms with E-state index in [1.807, 2.05) is 42.5 Å². The number of nitrogens with one attached hydrogen (secondary N) is 1. The van der Waals surface area contributed by atoms with Crippen molar-refractivity contribution in [1.82, 2.24) is 9.97 Å². The lowest BCUT2D eigenvalue weighted by Gasteiger charge is -2.14. The van der Waals surface area contributed by atoms with E-state index in [0.717, 1.165) is 16.5 Å². The highest BCUT2D eigenvalue weighted by Crippen LogP contribution is 2.38. The van der Waals surface area contributed by atoms with Crippen molar-refractivity contribution in [2.24, 2.45) is 0 Å². The maximum atomic E-state index is 5.88. The van der Waals surface area contributed by atoms with Crippen LogP contribution in [0.3, 0.4) is 0 Å². The summed E-state index contributed by atoms with van der Waals surface area (Å²) in [6.07, 6.45) is 3.35. The zero-order valence-corrected chi connectivity index (χ0v) is 16.4. The van der Waals surface area contributed by atoms with E-state index in [1.54, 1.807) is 33.7 Å². The summed E-state index contributed by atoms with van der Waals surface area (Å²) in [4.78, 5) is 8.90. The molecule has 0 radical (unpaired) electrons. The molecule has 0 saturated carbocycles. The summed E-state index contributed by atoms with van der Waals surface area (Å²) in [5, 5.41) is 4.31. The second kappa shape index (κ2) is 8.10. The molecule has 148 valence electrons. The molecule has 0 unspecified atom stereocenters. The highest BCUT2D eigenvalue weighted by atomic mass is 16.5. The van der Waals surface area contributed by atoms with E-state index in [4.69, 9.17) is 18.6 Å². The van der Waals surface area contributed by atoms with Crippen LogP contribution in [-0.4, -0.2) is 31.3 Å². The van der Waals surface area contributed by atoms with Gasteiger partial charge in [0, 0.05) is 11.9 Å². The van der Waals surface area contributed by atoms with Crippen molar-refractivity contribution in [1.29, 1.82) is 0 Å². The molecule has 0 saturated heterocycles. The smallest absolute Gasteiger partial charge is 0.203 e. The third kappa shape index (κ3) is 3.80. The first-order valence-corrected chi connectivity index (χ1v) is 9.05. The van der Waals surface area contributed by atoms with Gasteiger partial charge in [-0.1, -0.05) is 18.2 Å². The molecule has 7 heteroatoms. The Kier molecular flexibility index (Phi) is 5.20. The third-order valence-electron chi connectivity index (χ3n) is 4.51. The highest BCUT2D eigenvalue weighted by Gasteiger charge is 2.13. The Morgan fingerprint density at radius 2 is 1.69 bits per heavy atom. The van der Waals surface area contributed by atoms with Crippen LogP contribution in [0, 0.1) is 0 Å². The third-order valence-corrected chi connectivity index (χ3v) is 4.51. The number of ether oxygens (including phenoxy) is 3. The van der Waals surface area contributed by atoms with Crippen molar-refractivity contribution >= 4 is 16.8 Å². The van der Waals surface area contributed by atoms with E-state index in [-0.39, 0.29) is 0 Å². The lowest BCUT2D eigenvalue weighted by atomic mass is 10.1. The number of hydrogen-bond acceptors (Lipinski definition) is 7. The van der Waals surface area contributed by atoms with Crippen molar-refractivity contribution in [2.75, 3.05) is 26.6 Å². The van der Waals surface area contributed by atoms with Gasteiger partial charge in [0.25, 0.3) is 0 Å². The van der Waals surface area contributed by atoms with Crippen LogP contribution in [0.4, 0.5) is 5.82 Å². The molecule has 2 aromatic carbocycles. The lowest BCUT2D eigenvalue weighted by Crippen LogP contribution is -2.04. The fourth-order valence-electron chi connectivity index (χ4n) is 3.11. The summed E-state index contributed by atoms with van der Waals surface area (Å²) in [7, 11) is 4.77. The standard InChI is InChI=1S/C22H21N3O4/c1-26-19-8-14(9-20(27-2)22(19)28-3)11-24-21-13-23-12-16(25-21)18-10-15-6-4-5-7-17(15)29-18/h4-10,12-13H,11H2,1-3H3,(H,24,25). The Hall–Kier alpha value is -3.74. The van der Waals surface area contributed by atoms with Crippen LogP contribution in [0.25, 0.3) is 22.4 Å². The molecule has 0 aliphatic heterocycles. The van der Waals surface area contributed by atoms with Gasteiger partial charge in [-0.25, -0.2) is 4.98 Å². The fourth-order valence-corrected chi connectivity index (χ4v) is 3.11. The van der Waals surface area contributed by atoms with Crippen molar-refractivity contribution in [3.63, 3.8) is 0 Å². The van der Waals surface area contributed by atoms with Gasteiger partial charge in [-0.2, -0.15) is 0 Å². The summed E-state index contributed by atoms with van der Waals surface area (Å²) in [5.74, 6) is 3.08. The minimum Gasteiger partial charge on any atom is -0.493 e. The van der Waals surface area contributed by atoms with Crippen LogP contribution in [-0.2, 0) is 6.54 Å². The van der Waals surface area contributed by atoms with Crippen molar-refractivity contribution in [3.8, 4) is 28.7 Å². The topological polar surface area (TPSA) is 78.6 Å². The Balaban J connectivity index is 1.56. The molecule has 2 heterocycles. The Labute approximate surface area is 168 Å². The van der Waals surface area contributed by atoms with Crippen molar-refractivity contribution in [3.05, 3.63) is 60.4 Å². The number of methoxy groups -OCH3 is 3. The van der Waals surface area contributed by atoms with Crippen molar-refractivity contribution in [2.45, 2.75) is 6.54 Å². The van der Waals surface area contributed by atoms with Crippen LogP contribution in [0.15, 0.2) is 59.3 Å². The molecule has 0 bridgehead atoms. The van der Waals surface area contributed by atoms with E-state index < -0.39 is 0 Å². The van der Waals surface area contributed by atoms with Gasteiger partial charge in [-0.3, -0.25) is 4.98 Å². The number of benzene rings is 2. The summed E-state index contributed by atoms with van der Waals surface area (Å²) in [5.41, 5.74) is 2.44. The van der Waals surface area contributed by atoms with Crippen LogP contribution < -0.4 is 19.5 Å². The molecule has 1 N–H and O–H groups in total. The second-order valence-corrected chi connectivity index (χ2v) is 6.33. The number of furan rings is 1. The van der Waals surface area contributed by atoms with Crippen LogP contribution in [0.1, 0.15) is 5.56 Å². The normalized spacial score (nSPS) is 10.7. The molecule has 0 spiro atoms. The van der Waals surface area contributed by atoms with Gasteiger partial charge in [0.2, 0.25) is 5.75 Å². The van der Waals surface area contributed by atoms with Gasteiger partial charge in [0.15, 0.2) is 17.3 Å². The first-order chi connectivity index (χ1) is 14.2. The molecular weight excluding hydrogens is 370 g/mol. The fraction of sp³-hybridized carbons (Fsp3) is 0.182. The molecule has 0 atom stereocenters. The molecule has 0 aliphatic rings.